The minimum atomic E-state index is 0.341. The molecular weight excluding hydrogens is 288 g/mol. The summed E-state index contributed by atoms with van der Waals surface area (Å²) in [6.45, 7) is 3.87. The second-order valence-corrected chi connectivity index (χ2v) is 5.26. The maximum absolute atomic E-state index is 6.15. The molecule has 3 aromatic heterocycles. The second kappa shape index (κ2) is 4.30. The van der Waals surface area contributed by atoms with Crippen molar-refractivity contribution < 1.29 is 4.42 Å². The van der Waals surface area contributed by atoms with Crippen LogP contribution in [0.1, 0.15) is 11.4 Å². The Bertz CT molecular complexity index is 953. The number of furan rings is 1. The summed E-state index contributed by atoms with van der Waals surface area (Å²) < 4.78 is 7.75. The molecule has 0 saturated carbocycles. The lowest BCUT2D eigenvalue weighted by atomic mass is 10.2. The number of hydrogen-bond donors (Lipinski definition) is 0. The van der Waals surface area contributed by atoms with Crippen LogP contribution in [0.3, 0.4) is 0 Å². The van der Waals surface area contributed by atoms with E-state index < -0.39 is 0 Å². The van der Waals surface area contributed by atoms with Crippen LogP contribution in [0.15, 0.2) is 34.7 Å². The Balaban J connectivity index is 2.06. The highest BCUT2D eigenvalue weighted by atomic mass is 35.5. The molecule has 5 nitrogen and oxygen atoms in total. The van der Waals surface area contributed by atoms with Crippen molar-refractivity contribution >= 4 is 28.2 Å². The molecule has 0 aliphatic rings. The SMILES string of the molecule is Cc1nc(Cl)c2nnc(-c3cc4ccccc4o3)n2c1C. The zero-order valence-electron chi connectivity index (χ0n) is 11.5. The normalized spacial score (nSPS) is 11.6. The fourth-order valence-electron chi connectivity index (χ4n) is 2.43. The summed E-state index contributed by atoms with van der Waals surface area (Å²) in [6.07, 6.45) is 0. The molecule has 0 fully saturated rings. The summed E-state index contributed by atoms with van der Waals surface area (Å²) in [5.41, 5.74) is 3.13. The average Bonchev–Trinajstić information content (AvgIpc) is 3.08. The van der Waals surface area contributed by atoms with E-state index in [1.54, 1.807) is 0 Å². The number of fused-ring (bicyclic) bond motifs is 2. The van der Waals surface area contributed by atoms with Crippen LogP contribution in [0.5, 0.6) is 0 Å². The van der Waals surface area contributed by atoms with Gasteiger partial charge in [-0.05, 0) is 26.0 Å². The third-order valence-electron chi connectivity index (χ3n) is 3.62. The molecule has 0 spiro atoms. The van der Waals surface area contributed by atoms with Crippen LogP contribution in [0, 0.1) is 13.8 Å². The lowest BCUT2D eigenvalue weighted by Gasteiger charge is -2.05. The molecule has 4 rings (SSSR count). The fourth-order valence-corrected chi connectivity index (χ4v) is 2.68. The lowest BCUT2D eigenvalue weighted by molar-refractivity contribution is 0.623. The fraction of sp³-hybridized carbons (Fsp3) is 0.133. The lowest BCUT2D eigenvalue weighted by Crippen LogP contribution is -2.00. The van der Waals surface area contributed by atoms with Gasteiger partial charge in [-0.15, -0.1) is 10.2 Å². The van der Waals surface area contributed by atoms with Gasteiger partial charge in [-0.25, -0.2) is 4.98 Å². The van der Waals surface area contributed by atoms with Crippen molar-refractivity contribution in [2.75, 3.05) is 0 Å². The van der Waals surface area contributed by atoms with Crippen molar-refractivity contribution in [3.63, 3.8) is 0 Å². The van der Waals surface area contributed by atoms with Crippen molar-refractivity contribution in [3.05, 3.63) is 46.9 Å². The first-order valence-corrected chi connectivity index (χ1v) is 6.90. The standard InChI is InChI=1S/C15H11ClN4O/c1-8-9(2)20-14(18-19-15(20)13(16)17-8)12-7-10-5-3-4-6-11(10)21-12/h3-7H,1-2H3. The van der Waals surface area contributed by atoms with Gasteiger partial charge in [0.15, 0.2) is 16.6 Å². The minimum Gasteiger partial charge on any atom is -0.453 e. The number of hydrogen-bond acceptors (Lipinski definition) is 4. The largest absolute Gasteiger partial charge is 0.453 e. The molecule has 0 aliphatic heterocycles. The van der Waals surface area contributed by atoms with E-state index >= 15 is 0 Å². The summed E-state index contributed by atoms with van der Waals surface area (Å²) in [4.78, 5) is 4.26. The third-order valence-corrected chi connectivity index (χ3v) is 3.87. The van der Waals surface area contributed by atoms with Gasteiger partial charge < -0.3 is 4.42 Å². The van der Waals surface area contributed by atoms with Gasteiger partial charge in [0.2, 0.25) is 5.82 Å². The molecule has 0 bridgehead atoms. The van der Waals surface area contributed by atoms with Gasteiger partial charge in [0.05, 0.1) is 5.69 Å². The summed E-state index contributed by atoms with van der Waals surface area (Å²) >= 11 is 6.15. The third kappa shape index (κ3) is 1.74. The van der Waals surface area contributed by atoms with E-state index in [1.807, 2.05) is 48.6 Å². The Hall–Kier alpha value is -2.40. The van der Waals surface area contributed by atoms with Gasteiger partial charge in [0.25, 0.3) is 0 Å². The highest BCUT2D eigenvalue weighted by Crippen LogP contribution is 2.29. The van der Waals surface area contributed by atoms with E-state index in [4.69, 9.17) is 16.0 Å². The maximum atomic E-state index is 6.15. The molecule has 0 unspecified atom stereocenters. The molecular formula is C15H11ClN4O. The Labute approximate surface area is 125 Å². The number of halogens is 1. The molecule has 6 heteroatoms. The quantitative estimate of drug-likeness (QED) is 0.536. The Morgan fingerprint density at radius 2 is 1.95 bits per heavy atom. The minimum absolute atomic E-state index is 0.341. The summed E-state index contributed by atoms with van der Waals surface area (Å²) in [5.74, 6) is 1.29. The number of para-hydroxylation sites is 1. The molecule has 3 heterocycles. The smallest absolute Gasteiger partial charge is 0.204 e. The zero-order chi connectivity index (χ0) is 14.6. The molecule has 0 amide bonds. The van der Waals surface area contributed by atoms with Crippen LogP contribution >= 0.6 is 11.6 Å². The number of aromatic nitrogens is 4. The van der Waals surface area contributed by atoms with Gasteiger partial charge in [-0.2, -0.15) is 0 Å². The van der Waals surface area contributed by atoms with Crippen molar-refractivity contribution in [1.82, 2.24) is 19.6 Å². The molecule has 0 N–H and O–H groups in total. The van der Waals surface area contributed by atoms with Crippen LogP contribution in [-0.2, 0) is 0 Å². The molecule has 0 radical (unpaired) electrons. The van der Waals surface area contributed by atoms with Crippen LogP contribution in [-0.4, -0.2) is 19.6 Å². The van der Waals surface area contributed by atoms with Crippen LogP contribution in [0.2, 0.25) is 5.15 Å². The predicted octanol–water partition coefficient (Wildman–Crippen LogP) is 3.81. The molecule has 104 valence electrons. The predicted molar refractivity (Wildman–Crippen MR) is 80.5 cm³/mol. The van der Waals surface area contributed by atoms with Gasteiger partial charge in [-0.1, -0.05) is 29.8 Å². The van der Waals surface area contributed by atoms with Crippen molar-refractivity contribution in [3.8, 4) is 11.6 Å². The number of nitrogens with zero attached hydrogens (tertiary/aromatic N) is 4. The van der Waals surface area contributed by atoms with E-state index in [0.29, 0.717) is 22.4 Å². The summed E-state index contributed by atoms with van der Waals surface area (Å²) in [6, 6.07) is 9.79. The van der Waals surface area contributed by atoms with Crippen LogP contribution in [0.4, 0.5) is 0 Å². The Morgan fingerprint density at radius 3 is 2.76 bits per heavy atom. The molecule has 1 aromatic carbocycles. The monoisotopic (exact) mass is 298 g/mol. The van der Waals surface area contributed by atoms with Crippen LogP contribution < -0.4 is 0 Å². The van der Waals surface area contributed by atoms with Gasteiger partial charge >= 0.3 is 0 Å². The number of rotatable bonds is 1. The van der Waals surface area contributed by atoms with E-state index in [2.05, 4.69) is 15.2 Å². The first-order chi connectivity index (χ1) is 10.1. The highest BCUT2D eigenvalue weighted by molar-refractivity contribution is 6.32. The van der Waals surface area contributed by atoms with Crippen molar-refractivity contribution in [1.29, 1.82) is 0 Å². The van der Waals surface area contributed by atoms with Crippen molar-refractivity contribution in [2.24, 2.45) is 0 Å². The Kier molecular flexibility index (Phi) is 2.53. The average molecular weight is 299 g/mol. The summed E-state index contributed by atoms with van der Waals surface area (Å²) in [5, 5.41) is 9.71. The van der Waals surface area contributed by atoms with Gasteiger partial charge in [0, 0.05) is 11.1 Å². The summed E-state index contributed by atoms with van der Waals surface area (Å²) in [7, 11) is 0. The highest BCUT2D eigenvalue weighted by Gasteiger charge is 2.18. The second-order valence-electron chi connectivity index (χ2n) is 4.90. The van der Waals surface area contributed by atoms with Gasteiger partial charge in [-0.3, -0.25) is 4.40 Å². The first-order valence-electron chi connectivity index (χ1n) is 6.52. The van der Waals surface area contributed by atoms with Crippen molar-refractivity contribution in [2.45, 2.75) is 13.8 Å². The molecule has 0 atom stereocenters. The molecule has 0 aliphatic carbocycles. The number of benzene rings is 1. The number of aryl methyl sites for hydroxylation is 2. The topological polar surface area (TPSA) is 56.2 Å². The van der Waals surface area contributed by atoms with E-state index in [0.717, 1.165) is 22.4 Å². The van der Waals surface area contributed by atoms with E-state index in [9.17, 15) is 0 Å². The molecule has 0 saturated heterocycles. The first kappa shape index (κ1) is 12.3. The van der Waals surface area contributed by atoms with Crippen LogP contribution in [0.25, 0.3) is 28.2 Å². The molecule has 4 aromatic rings. The Morgan fingerprint density at radius 1 is 1.14 bits per heavy atom. The van der Waals surface area contributed by atoms with E-state index in [-0.39, 0.29) is 0 Å². The zero-order valence-corrected chi connectivity index (χ0v) is 12.2. The van der Waals surface area contributed by atoms with Gasteiger partial charge in [0.1, 0.15) is 5.58 Å². The van der Waals surface area contributed by atoms with E-state index in [1.165, 1.54) is 0 Å². The molecule has 21 heavy (non-hydrogen) atoms. The maximum Gasteiger partial charge on any atom is 0.204 e.